The molecule has 0 radical (unpaired) electrons. The second-order valence-electron chi connectivity index (χ2n) is 6.90. The second kappa shape index (κ2) is 11.2. The predicted octanol–water partition coefficient (Wildman–Crippen LogP) is 4.14. The largest absolute Gasteiger partial charge is 0.490 e. The van der Waals surface area contributed by atoms with E-state index in [-0.39, 0.29) is 11.6 Å². The highest BCUT2D eigenvalue weighted by atomic mass is 35.5. The van der Waals surface area contributed by atoms with Gasteiger partial charge in [-0.1, -0.05) is 78.2 Å². The number of hydrazone groups is 1. The number of benzene rings is 3. The zero-order chi connectivity index (χ0) is 23.7. The van der Waals surface area contributed by atoms with Crippen LogP contribution in [0, 0.1) is 12.3 Å². The molecule has 0 heterocycles. The highest BCUT2D eigenvalue weighted by Gasteiger charge is 2.39. The topological polar surface area (TPSA) is 80.2 Å². The molecule has 0 saturated heterocycles. The van der Waals surface area contributed by atoms with E-state index in [1.807, 2.05) is 19.1 Å². The molecule has 3 rings (SSSR count). The van der Waals surface area contributed by atoms with Gasteiger partial charge in [0.1, 0.15) is 6.61 Å². The van der Waals surface area contributed by atoms with E-state index in [1.54, 1.807) is 60.7 Å². The third kappa shape index (κ3) is 5.53. The Labute approximate surface area is 197 Å². The van der Waals surface area contributed by atoms with Crippen molar-refractivity contribution in [1.29, 1.82) is 0 Å². The Hall–Kier alpha value is -3.79. The number of terminal acetylenes is 1. The number of nitrogens with one attached hydrogen (secondary N) is 1. The van der Waals surface area contributed by atoms with Gasteiger partial charge in [0.2, 0.25) is 0 Å². The van der Waals surface area contributed by atoms with Crippen LogP contribution in [0.1, 0.15) is 23.6 Å². The number of carbonyl (C=O) groups excluding carboxylic acids is 1. The molecule has 7 heteroatoms. The van der Waals surface area contributed by atoms with Gasteiger partial charge in [0, 0.05) is 0 Å². The predicted molar refractivity (Wildman–Crippen MR) is 129 cm³/mol. The molecule has 0 unspecified atom stereocenters. The van der Waals surface area contributed by atoms with Crippen LogP contribution in [-0.4, -0.2) is 30.4 Å². The Balaban J connectivity index is 1.86. The Morgan fingerprint density at radius 1 is 1.12 bits per heavy atom. The first-order valence-electron chi connectivity index (χ1n) is 10.2. The number of nitrogens with zero attached hydrogens (tertiary/aromatic N) is 1. The molecule has 0 atom stereocenters. The second-order valence-corrected chi connectivity index (χ2v) is 7.30. The summed E-state index contributed by atoms with van der Waals surface area (Å²) < 4.78 is 11.1. The molecule has 0 aromatic heterocycles. The van der Waals surface area contributed by atoms with E-state index in [1.165, 1.54) is 6.21 Å². The fraction of sp³-hybridized carbons (Fsp3) is 0.154. The van der Waals surface area contributed by atoms with Crippen LogP contribution in [0.3, 0.4) is 0 Å². The van der Waals surface area contributed by atoms with Gasteiger partial charge in [-0.25, -0.2) is 5.43 Å². The van der Waals surface area contributed by atoms with Crippen molar-refractivity contribution in [3.8, 4) is 23.8 Å². The van der Waals surface area contributed by atoms with Gasteiger partial charge in [-0.05, 0) is 35.7 Å². The van der Waals surface area contributed by atoms with Crippen molar-refractivity contribution in [2.24, 2.45) is 5.10 Å². The van der Waals surface area contributed by atoms with Crippen LogP contribution in [0.2, 0.25) is 5.02 Å². The molecule has 1 amide bonds. The number of aliphatic hydroxyl groups is 1. The lowest BCUT2D eigenvalue weighted by Crippen LogP contribution is -2.43. The van der Waals surface area contributed by atoms with Crippen LogP contribution in [0.15, 0.2) is 77.9 Å². The third-order valence-electron chi connectivity index (χ3n) is 4.72. The van der Waals surface area contributed by atoms with Gasteiger partial charge in [0.15, 0.2) is 17.1 Å². The van der Waals surface area contributed by atoms with Gasteiger partial charge in [0.05, 0.1) is 17.8 Å². The minimum absolute atomic E-state index is 0.0425. The summed E-state index contributed by atoms with van der Waals surface area (Å²) in [7, 11) is 0. The lowest BCUT2D eigenvalue weighted by molar-refractivity contribution is -0.136. The van der Waals surface area contributed by atoms with Crippen LogP contribution in [0.4, 0.5) is 0 Å². The lowest BCUT2D eigenvalue weighted by atomic mass is 9.85. The van der Waals surface area contributed by atoms with Crippen molar-refractivity contribution < 1.29 is 19.4 Å². The molecule has 168 valence electrons. The molecule has 0 spiro atoms. The van der Waals surface area contributed by atoms with E-state index in [4.69, 9.17) is 27.5 Å². The summed E-state index contributed by atoms with van der Waals surface area (Å²) in [5.41, 5.74) is 1.89. The molecule has 0 aliphatic rings. The molecule has 0 aliphatic heterocycles. The number of halogens is 1. The maximum atomic E-state index is 13.1. The fourth-order valence-electron chi connectivity index (χ4n) is 3.21. The number of ether oxygens (including phenoxy) is 2. The molecule has 6 nitrogen and oxygen atoms in total. The maximum Gasteiger partial charge on any atom is 0.281 e. The van der Waals surface area contributed by atoms with Crippen LogP contribution >= 0.6 is 11.6 Å². The SMILES string of the molecule is C#CCOc1c(Cl)cc(/C=N/NC(=O)C(O)(c2ccccc2)c2ccccc2)cc1OCC. The van der Waals surface area contributed by atoms with Gasteiger partial charge in [-0.3, -0.25) is 4.79 Å². The summed E-state index contributed by atoms with van der Waals surface area (Å²) in [4.78, 5) is 13.1. The third-order valence-corrected chi connectivity index (χ3v) is 5.00. The van der Waals surface area contributed by atoms with E-state index < -0.39 is 11.5 Å². The molecular weight excluding hydrogens is 440 g/mol. The lowest BCUT2D eigenvalue weighted by Gasteiger charge is -2.27. The van der Waals surface area contributed by atoms with E-state index >= 15 is 0 Å². The molecule has 0 saturated carbocycles. The van der Waals surface area contributed by atoms with Gasteiger partial charge >= 0.3 is 0 Å². The van der Waals surface area contributed by atoms with E-state index in [0.29, 0.717) is 34.8 Å². The number of rotatable bonds is 9. The van der Waals surface area contributed by atoms with Gasteiger partial charge in [-0.15, -0.1) is 6.42 Å². The molecular formula is C26H23ClN2O4. The summed E-state index contributed by atoms with van der Waals surface area (Å²) in [5.74, 6) is 2.41. The van der Waals surface area contributed by atoms with E-state index in [0.717, 1.165) is 0 Å². The molecule has 0 bridgehead atoms. The summed E-state index contributed by atoms with van der Waals surface area (Å²) >= 11 is 6.32. The first-order chi connectivity index (χ1) is 16.0. The Morgan fingerprint density at radius 3 is 2.27 bits per heavy atom. The number of amides is 1. The summed E-state index contributed by atoms with van der Waals surface area (Å²) in [5, 5.41) is 15.7. The Morgan fingerprint density at radius 2 is 1.73 bits per heavy atom. The summed E-state index contributed by atoms with van der Waals surface area (Å²) in [6.45, 7) is 2.26. The van der Waals surface area contributed by atoms with Crippen molar-refractivity contribution in [3.05, 3.63) is 94.5 Å². The molecule has 33 heavy (non-hydrogen) atoms. The average molecular weight is 463 g/mol. The molecule has 2 N–H and O–H groups in total. The zero-order valence-electron chi connectivity index (χ0n) is 18.0. The molecule has 0 fully saturated rings. The van der Waals surface area contributed by atoms with Crippen molar-refractivity contribution in [3.63, 3.8) is 0 Å². The highest BCUT2D eigenvalue weighted by molar-refractivity contribution is 6.32. The summed E-state index contributed by atoms with van der Waals surface area (Å²) in [6.07, 6.45) is 6.65. The highest BCUT2D eigenvalue weighted by Crippen LogP contribution is 2.36. The minimum Gasteiger partial charge on any atom is -0.490 e. The van der Waals surface area contributed by atoms with Crippen LogP contribution in [0.5, 0.6) is 11.5 Å². The molecule has 3 aromatic rings. The quantitative estimate of drug-likeness (QED) is 0.284. The Bertz CT molecular complexity index is 1120. The monoisotopic (exact) mass is 462 g/mol. The summed E-state index contributed by atoms with van der Waals surface area (Å²) in [6, 6.07) is 20.6. The normalized spacial score (nSPS) is 11.1. The number of hydrogen-bond acceptors (Lipinski definition) is 5. The smallest absolute Gasteiger partial charge is 0.281 e. The average Bonchev–Trinajstić information content (AvgIpc) is 2.84. The first-order valence-corrected chi connectivity index (χ1v) is 10.6. The standard InChI is InChI=1S/C26H23ClN2O4/c1-3-15-33-24-22(27)16-19(17-23(24)32-4-2)18-28-29-25(30)26(31,20-11-7-5-8-12-20)21-13-9-6-10-14-21/h1,5-14,16-18,31H,4,15H2,2H3,(H,29,30)/b28-18+. The fourth-order valence-corrected chi connectivity index (χ4v) is 3.49. The molecule has 0 aliphatic carbocycles. The van der Waals surface area contributed by atoms with Crippen molar-refractivity contribution >= 4 is 23.7 Å². The van der Waals surface area contributed by atoms with E-state index in [9.17, 15) is 9.90 Å². The van der Waals surface area contributed by atoms with Gasteiger partial charge in [-0.2, -0.15) is 5.10 Å². The van der Waals surface area contributed by atoms with Crippen LogP contribution in [0.25, 0.3) is 0 Å². The van der Waals surface area contributed by atoms with Gasteiger partial charge in [0.25, 0.3) is 5.91 Å². The van der Waals surface area contributed by atoms with Crippen LogP contribution < -0.4 is 14.9 Å². The Kier molecular flexibility index (Phi) is 8.09. The molecule has 3 aromatic carbocycles. The first kappa shape index (κ1) is 23.9. The van der Waals surface area contributed by atoms with E-state index in [2.05, 4.69) is 16.4 Å². The number of hydrogen-bond donors (Lipinski definition) is 2. The minimum atomic E-state index is -1.93. The van der Waals surface area contributed by atoms with Crippen molar-refractivity contribution in [1.82, 2.24) is 5.43 Å². The van der Waals surface area contributed by atoms with Crippen LogP contribution in [-0.2, 0) is 10.4 Å². The number of carbonyl (C=O) groups is 1. The van der Waals surface area contributed by atoms with Crippen molar-refractivity contribution in [2.45, 2.75) is 12.5 Å². The zero-order valence-corrected chi connectivity index (χ0v) is 18.8. The van der Waals surface area contributed by atoms with Gasteiger partial charge < -0.3 is 14.6 Å². The van der Waals surface area contributed by atoms with Crippen molar-refractivity contribution in [2.75, 3.05) is 13.2 Å². The maximum absolute atomic E-state index is 13.1.